The van der Waals surface area contributed by atoms with E-state index in [1.54, 1.807) is 6.07 Å². The van der Waals surface area contributed by atoms with Crippen molar-refractivity contribution in [2.75, 3.05) is 0 Å². The van der Waals surface area contributed by atoms with Crippen LogP contribution in [0.1, 0.15) is 47.6 Å². The monoisotopic (exact) mass is 273 g/mol. The van der Waals surface area contributed by atoms with Crippen LogP contribution in [0, 0.1) is 6.92 Å². The van der Waals surface area contributed by atoms with Gasteiger partial charge in [-0.1, -0.05) is 19.9 Å². The minimum Gasteiger partial charge on any atom is -0.343 e. The van der Waals surface area contributed by atoms with Crippen molar-refractivity contribution in [3.63, 3.8) is 0 Å². The Labute approximate surface area is 118 Å². The van der Waals surface area contributed by atoms with E-state index in [1.807, 2.05) is 30.7 Å². The van der Waals surface area contributed by atoms with Gasteiger partial charge in [0.25, 0.3) is 5.91 Å². The van der Waals surface area contributed by atoms with Crippen LogP contribution in [0.5, 0.6) is 0 Å². The van der Waals surface area contributed by atoms with Gasteiger partial charge in [0.1, 0.15) is 11.5 Å². The highest BCUT2D eigenvalue weighted by Crippen LogP contribution is 2.11. The second-order valence-corrected chi connectivity index (χ2v) is 5.04. The van der Waals surface area contributed by atoms with Crippen LogP contribution in [0.3, 0.4) is 0 Å². The molecule has 0 aliphatic carbocycles. The molecular formula is C14H19N5O. The molecule has 6 nitrogen and oxygen atoms in total. The van der Waals surface area contributed by atoms with E-state index in [-0.39, 0.29) is 5.91 Å². The van der Waals surface area contributed by atoms with Crippen molar-refractivity contribution in [2.45, 2.75) is 33.2 Å². The molecule has 0 saturated carbocycles. The molecular weight excluding hydrogens is 254 g/mol. The molecule has 106 valence electrons. The lowest BCUT2D eigenvalue weighted by molar-refractivity contribution is 0.0944. The Bertz CT molecular complexity index is 618. The van der Waals surface area contributed by atoms with E-state index < -0.39 is 0 Å². The first kappa shape index (κ1) is 14.2. The number of hydrogen-bond donors (Lipinski definition) is 1. The predicted octanol–water partition coefficient (Wildman–Crippen LogP) is 1.57. The largest absolute Gasteiger partial charge is 0.343 e. The summed E-state index contributed by atoms with van der Waals surface area (Å²) in [6, 6.07) is 5.36. The van der Waals surface area contributed by atoms with E-state index in [0.29, 0.717) is 18.2 Å². The Balaban J connectivity index is 2.04. The lowest BCUT2D eigenvalue weighted by atomic mass is 10.2. The summed E-state index contributed by atoms with van der Waals surface area (Å²) >= 11 is 0. The number of pyridine rings is 1. The van der Waals surface area contributed by atoms with Crippen LogP contribution in [0.4, 0.5) is 0 Å². The second-order valence-electron chi connectivity index (χ2n) is 5.04. The summed E-state index contributed by atoms with van der Waals surface area (Å²) in [6.07, 6.45) is 0. The fourth-order valence-electron chi connectivity index (χ4n) is 1.95. The van der Waals surface area contributed by atoms with E-state index in [9.17, 15) is 4.79 Å². The number of carbonyl (C=O) groups is 1. The van der Waals surface area contributed by atoms with E-state index in [1.165, 1.54) is 0 Å². The molecule has 0 fully saturated rings. The Morgan fingerprint density at radius 3 is 2.70 bits per heavy atom. The summed E-state index contributed by atoms with van der Waals surface area (Å²) in [5.41, 5.74) is 1.23. The van der Waals surface area contributed by atoms with Gasteiger partial charge in [-0.05, 0) is 19.1 Å². The maximum Gasteiger partial charge on any atom is 0.270 e. The summed E-state index contributed by atoms with van der Waals surface area (Å²) in [6.45, 7) is 6.31. The van der Waals surface area contributed by atoms with Crippen LogP contribution in [0.2, 0.25) is 0 Å². The highest BCUT2D eigenvalue weighted by atomic mass is 16.1. The minimum atomic E-state index is -0.206. The van der Waals surface area contributed by atoms with Crippen LogP contribution in [0.25, 0.3) is 0 Å². The number of amides is 1. The van der Waals surface area contributed by atoms with Gasteiger partial charge in [-0.3, -0.25) is 4.79 Å². The minimum absolute atomic E-state index is 0.206. The van der Waals surface area contributed by atoms with Crippen molar-refractivity contribution in [3.05, 3.63) is 41.2 Å². The van der Waals surface area contributed by atoms with Crippen molar-refractivity contribution >= 4 is 5.91 Å². The molecule has 1 N–H and O–H groups in total. The molecule has 6 heteroatoms. The van der Waals surface area contributed by atoms with Crippen LogP contribution < -0.4 is 5.32 Å². The summed E-state index contributed by atoms with van der Waals surface area (Å²) in [4.78, 5) is 16.2. The van der Waals surface area contributed by atoms with Crippen molar-refractivity contribution in [2.24, 2.45) is 7.05 Å². The molecule has 0 bridgehead atoms. The van der Waals surface area contributed by atoms with Crippen LogP contribution in [0.15, 0.2) is 18.2 Å². The second kappa shape index (κ2) is 5.81. The van der Waals surface area contributed by atoms with Gasteiger partial charge in [-0.15, -0.1) is 10.2 Å². The summed E-state index contributed by atoms with van der Waals surface area (Å²) in [5.74, 6) is 1.73. The zero-order valence-electron chi connectivity index (χ0n) is 12.2. The maximum atomic E-state index is 12.0. The van der Waals surface area contributed by atoms with Crippen LogP contribution in [-0.4, -0.2) is 25.7 Å². The van der Waals surface area contributed by atoms with E-state index in [2.05, 4.69) is 34.3 Å². The molecule has 0 aliphatic heterocycles. The first-order valence-corrected chi connectivity index (χ1v) is 6.59. The molecule has 0 aliphatic rings. The van der Waals surface area contributed by atoms with Gasteiger partial charge in [-0.25, -0.2) is 4.98 Å². The summed E-state index contributed by atoms with van der Waals surface area (Å²) < 4.78 is 1.91. The Kier molecular flexibility index (Phi) is 4.12. The molecule has 0 spiro atoms. The van der Waals surface area contributed by atoms with Gasteiger partial charge in [0.15, 0.2) is 5.82 Å². The number of aryl methyl sites for hydroxylation is 1. The molecule has 0 atom stereocenters. The van der Waals surface area contributed by atoms with Gasteiger partial charge < -0.3 is 9.88 Å². The SMILES string of the molecule is Cc1cccc(C(=O)NCc2nnc(C(C)C)n2C)n1. The molecule has 2 heterocycles. The molecule has 2 aromatic heterocycles. The number of carbonyl (C=O) groups excluding carboxylic acids is 1. The molecule has 2 aromatic rings. The first-order valence-electron chi connectivity index (χ1n) is 6.59. The molecule has 1 amide bonds. The Morgan fingerprint density at radius 1 is 1.35 bits per heavy atom. The van der Waals surface area contributed by atoms with Gasteiger partial charge in [0.05, 0.1) is 6.54 Å². The van der Waals surface area contributed by atoms with Gasteiger partial charge in [0.2, 0.25) is 0 Å². The van der Waals surface area contributed by atoms with Gasteiger partial charge in [-0.2, -0.15) is 0 Å². The third kappa shape index (κ3) is 3.01. The van der Waals surface area contributed by atoms with E-state index in [0.717, 1.165) is 17.3 Å². The van der Waals surface area contributed by atoms with Crippen molar-refractivity contribution in [1.29, 1.82) is 0 Å². The molecule has 0 radical (unpaired) electrons. The predicted molar refractivity (Wildman–Crippen MR) is 75.2 cm³/mol. The maximum absolute atomic E-state index is 12.0. The zero-order valence-corrected chi connectivity index (χ0v) is 12.2. The van der Waals surface area contributed by atoms with Crippen LogP contribution >= 0.6 is 0 Å². The van der Waals surface area contributed by atoms with Crippen LogP contribution in [-0.2, 0) is 13.6 Å². The third-order valence-corrected chi connectivity index (χ3v) is 3.04. The number of nitrogens with one attached hydrogen (secondary N) is 1. The summed E-state index contributed by atoms with van der Waals surface area (Å²) in [7, 11) is 1.90. The number of rotatable bonds is 4. The summed E-state index contributed by atoms with van der Waals surface area (Å²) in [5, 5.41) is 11.0. The highest BCUT2D eigenvalue weighted by molar-refractivity contribution is 5.92. The lowest BCUT2D eigenvalue weighted by Gasteiger charge is -2.07. The van der Waals surface area contributed by atoms with Crippen molar-refractivity contribution in [1.82, 2.24) is 25.1 Å². The van der Waals surface area contributed by atoms with Gasteiger partial charge >= 0.3 is 0 Å². The molecule has 2 rings (SSSR count). The number of aromatic nitrogens is 4. The third-order valence-electron chi connectivity index (χ3n) is 3.04. The van der Waals surface area contributed by atoms with E-state index >= 15 is 0 Å². The smallest absolute Gasteiger partial charge is 0.270 e. The quantitative estimate of drug-likeness (QED) is 0.917. The highest BCUT2D eigenvalue weighted by Gasteiger charge is 2.13. The standard InChI is InChI=1S/C14H19N5O/c1-9(2)13-18-17-12(19(13)4)8-15-14(20)11-7-5-6-10(3)16-11/h5-7,9H,8H2,1-4H3,(H,15,20). The molecule has 0 aromatic carbocycles. The fourth-order valence-corrected chi connectivity index (χ4v) is 1.95. The van der Waals surface area contributed by atoms with E-state index in [4.69, 9.17) is 0 Å². The first-order chi connectivity index (χ1) is 9.49. The molecule has 0 unspecified atom stereocenters. The zero-order chi connectivity index (χ0) is 14.7. The van der Waals surface area contributed by atoms with Crippen molar-refractivity contribution < 1.29 is 4.79 Å². The molecule has 0 saturated heterocycles. The lowest BCUT2D eigenvalue weighted by Crippen LogP contribution is -2.25. The fraction of sp³-hybridized carbons (Fsp3) is 0.429. The molecule has 20 heavy (non-hydrogen) atoms. The topological polar surface area (TPSA) is 72.7 Å². The number of nitrogens with zero attached hydrogens (tertiary/aromatic N) is 4. The average Bonchev–Trinajstić information content (AvgIpc) is 2.77. The average molecular weight is 273 g/mol. The Hall–Kier alpha value is -2.24. The normalized spacial score (nSPS) is 10.8. The van der Waals surface area contributed by atoms with Crippen molar-refractivity contribution in [3.8, 4) is 0 Å². The number of hydrogen-bond acceptors (Lipinski definition) is 4. The van der Waals surface area contributed by atoms with Gasteiger partial charge in [0, 0.05) is 18.7 Å². The Morgan fingerprint density at radius 2 is 2.10 bits per heavy atom.